The van der Waals surface area contributed by atoms with E-state index in [1.54, 1.807) is 12.1 Å². The molecule has 11 heteroatoms. The number of primary amides is 1. The monoisotopic (exact) mass is 449 g/mol. The summed E-state index contributed by atoms with van der Waals surface area (Å²) in [5, 5.41) is 4.86. The van der Waals surface area contributed by atoms with Gasteiger partial charge in [-0.3, -0.25) is 14.4 Å². The summed E-state index contributed by atoms with van der Waals surface area (Å²) < 4.78 is 15.1. The zero-order valence-corrected chi connectivity index (χ0v) is 18.3. The van der Waals surface area contributed by atoms with E-state index in [9.17, 15) is 19.2 Å². The van der Waals surface area contributed by atoms with Gasteiger partial charge in [0.1, 0.15) is 5.00 Å². The SMILES string of the molecule is COC(=O)c1c(NC(=O)C(=O)NCCc2ccc(OC)c(OC)c2)sc(C(N)=O)c1C. The molecule has 0 atom stereocenters. The molecule has 0 unspecified atom stereocenters. The zero-order valence-electron chi connectivity index (χ0n) is 17.5. The summed E-state index contributed by atoms with van der Waals surface area (Å²) in [5.74, 6) is -2.27. The minimum atomic E-state index is -0.991. The van der Waals surface area contributed by atoms with Crippen molar-refractivity contribution in [1.29, 1.82) is 0 Å². The molecule has 0 aliphatic rings. The molecule has 0 bridgehead atoms. The van der Waals surface area contributed by atoms with Crippen LogP contribution >= 0.6 is 11.3 Å². The number of methoxy groups -OCH3 is 3. The van der Waals surface area contributed by atoms with E-state index in [0.29, 0.717) is 17.9 Å². The van der Waals surface area contributed by atoms with E-state index >= 15 is 0 Å². The zero-order chi connectivity index (χ0) is 23.1. The number of benzene rings is 1. The Bertz CT molecular complexity index is 1020. The number of ether oxygens (including phenoxy) is 3. The third-order valence-corrected chi connectivity index (χ3v) is 5.56. The van der Waals surface area contributed by atoms with Crippen LogP contribution in [0.15, 0.2) is 18.2 Å². The van der Waals surface area contributed by atoms with Crippen LogP contribution in [0, 0.1) is 6.92 Å². The van der Waals surface area contributed by atoms with Gasteiger partial charge in [-0.05, 0) is 36.6 Å². The van der Waals surface area contributed by atoms with Gasteiger partial charge in [0, 0.05) is 6.54 Å². The lowest BCUT2D eigenvalue weighted by Gasteiger charge is -2.10. The molecule has 2 aromatic rings. The molecule has 166 valence electrons. The molecule has 31 heavy (non-hydrogen) atoms. The summed E-state index contributed by atoms with van der Waals surface area (Å²) in [5.41, 5.74) is 6.42. The molecular weight excluding hydrogens is 426 g/mol. The molecule has 0 saturated carbocycles. The molecule has 4 N–H and O–H groups in total. The Labute approximate surface area is 182 Å². The van der Waals surface area contributed by atoms with Gasteiger partial charge in [-0.1, -0.05) is 6.07 Å². The van der Waals surface area contributed by atoms with Crippen molar-refractivity contribution in [3.8, 4) is 11.5 Å². The fourth-order valence-electron chi connectivity index (χ4n) is 2.78. The van der Waals surface area contributed by atoms with E-state index in [4.69, 9.17) is 15.2 Å². The van der Waals surface area contributed by atoms with Crippen LogP contribution in [-0.2, 0) is 20.7 Å². The molecule has 0 radical (unpaired) electrons. The predicted molar refractivity (Wildman–Crippen MR) is 114 cm³/mol. The average Bonchev–Trinajstić information content (AvgIpc) is 3.08. The fraction of sp³-hybridized carbons (Fsp3) is 0.300. The number of hydrogen-bond donors (Lipinski definition) is 3. The van der Waals surface area contributed by atoms with Crippen LogP contribution in [0.3, 0.4) is 0 Å². The number of carbonyl (C=O) groups excluding carboxylic acids is 4. The van der Waals surface area contributed by atoms with Crippen LogP contribution in [0.25, 0.3) is 0 Å². The molecule has 10 nitrogen and oxygen atoms in total. The number of thiophene rings is 1. The van der Waals surface area contributed by atoms with Gasteiger partial charge in [0.2, 0.25) is 0 Å². The number of hydrogen-bond acceptors (Lipinski definition) is 8. The summed E-state index contributed by atoms with van der Waals surface area (Å²) in [4.78, 5) is 48.1. The molecular formula is C20H23N3O7S. The lowest BCUT2D eigenvalue weighted by Crippen LogP contribution is -2.36. The minimum Gasteiger partial charge on any atom is -0.493 e. The highest BCUT2D eigenvalue weighted by Gasteiger charge is 2.26. The number of rotatable bonds is 8. The largest absolute Gasteiger partial charge is 0.493 e. The summed E-state index contributed by atoms with van der Waals surface area (Å²) in [6.07, 6.45) is 0.441. The maximum atomic E-state index is 12.3. The second-order valence-electron chi connectivity index (χ2n) is 6.27. The van der Waals surface area contributed by atoms with Crippen LogP contribution in [-0.4, -0.2) is 51.6 Å². The molecule has 3 amide bonds. The quantitative estimate of drug-likeness (QED) is 0.406. The number of amides is 3. The van der Waals surface area contributed by atoms with Crippen molar-refractivity contribution in [2.24, 2.45) is 5.73 Å². The van der Waals surface area contributed by atoms with E-state index in [-0.39, 0.29) is 27.5 Å². The minimum absolute atomic E-state index is 0.0122. The molecule has 2 rings (SSSR count). The number of esters is 1. The number of carbonyl (C=O) groups is 4. The Morgan fingerprint density at radius 1 is 1.03 bits per heavy atom. The topological polar surface area (TPSA) is 146 Å². The molecule has 0 aliphatic carbocycles. The van der Waals surface area contributed by atoms with Crippen molar-refractivity contribution in [2.45, 2.75) is 13.3 Å². The van der Waals surface area contributed by atoms with Crippen LogP contribution in [0.1, 0.15) is 31.2 Å². The Hall–Kier alpha value is -3.60. The predicted octanol–water partition coefficient (Wildman–Crippen LogP) is 1.26. The lowest BCUT2D eigenvalue weighted by atomic mass is 10.1. The smallest absolute Gasteiger partial charge is 0.341 e. The summed E-state index contributed by atoms with van der Waals surface area (Å²) in [6.45, 7) is 1.68. The Morgan fingerprint density at radius 2 is 1.71 bits per heavy atom. The average molecular weight is 449 g/mol. The van der Waals surface area contributed by atoms with Crippen LogP contribution in [0.4, 0.5) is 5.00 Å². The van der Waals surface area contributed by atoms with Crippen molar-refractivity contribution < 1.29 is 33.4 Å². The first kappa shape index (κ1) is 23.7. The van der Waals surface area contributed by atoms with Crippen molar-refractivity contribution in [3.05, 3.63) is 39.8 Å². The first-order chi connectivity index (χ1) is 14.7. The number of nitrogens with two attached hydrogens (primary N) is 1. The molecule has 0 saturated heterocycles. The highest BCUT2D eigenvalue weighted by atomic mass is 32.1. The molecule has 1 aromatic carbocycles. The summed E-state index contributed by atoms with van der Waals surface area (Å²) in [7, 11) is 4.21. The van der Waals surface area contributed by atoms with E-state index in [1.165, 1.54) is 21.1 Å². The Kier molecular flexibility index (Phi) is 7.97. The lowest BCUT2D eigenvalue weighted by molar-refractivity contribution is -0.136. The Balaban J connectivity index is 2.03. The second kappa shape index (κ2) is 10.4. The molecule has 1 aromatic heterocycles. The van der Waals surface area contributed by atoms with Crippen LogP contribution in [0.5, 0.6) is 11.5 Å². The van der Waals surface area contributed by atoms with Gasteiger partial charge in [0.05, 0.1) is 31.8 Å². The summed E-state index contributed by atoms with van der Waals surface area (Å²) >= 11 is 0.799. The van der Waals surface area contributed by atoms with Gasteiger partial charge in [-0.25, -0.2) is 4.79 Å². The van der Waals surface area contributed by atoms with Gasteiger partial charge < -0.3 is 30.6 Å². The standard InChI is InChI=1S/C20H23N3O7S/c1-10-14(20(27)30-4)19(31-15(10)16(21)24)23-18(26)17(25)22-8-7-11-5-6-12(28-2)13(9-11)29-3/h5-6,9H,7-8H2,1-4H3,(H2,21,24)(H,22,25)(H,23,26). The van der Waals surface area contributed by atoms with Crippen LogP contribution in [0.2, 0.25) is 0 Å². The number of nitrogens with one attached hydrogen (secondary N) is 2. The second-order valence-corrected chi connectivity index (χ2v) is 7.29. The van der Waals surface area contributed by atoms with Crippen molar-refractivity contribution >= 4 is 40.0 Å². The first-order valence-corrected chi connectivity index (χ1v) is 9.86. The van der Waals surface area contributed by atoms with E-state index in [1.807, 2.05) is 6.07 Å². The van der Waals surface area contributed by atoms with Gasteiger partial charge in [0.15, 0.2) is 11.5 Å². The third-order valence-electron chi connectivity index (χ3n) is 4.34. The Morgan fingerprint density at radius 3 is 2.29 bits per heavy atom. The van der Waals surface area contributed by atoms with Crippen molar-refractivity contribution in [1.82, 2.24) is 5.32 Å². The van der Waals surface area contributed by atoms with Gasteiger partial charge in [-0.2, -0.15) is 0 Å². The van der Waals surface area contributed by atoms with E-state index < -0.39 is 23.7 Å². The van der Waals surface area contributed by atoms with Gasteiger partial charge in [-0.15, -0.1) is 11.3 Å². The summed E-state index contributed by atoms with van der Waals surface area (Å²) in [6, 6.07) is 5.33. The normalized spacial score (nSPS) is 10.2. The van der Waals surface area contributed by atoms with Crippen molar-refractivity contribution in [2.75, 3.05) is 33.2 Å². The third kappa shape index (κ3) is 5.51. The number of anilines is 1. The van der Waals surface area contributed by atoms with Crippen molar-refractivity contribution in [3.63, 3.8) is 0 Å². The first-order valence-electron chi connectivity index (χ1n) is 9.05. The van der Waals surface area contributed by atoms with Gasteiger partial charge >= 0.3 is 17.8 Å². The molecule has 0 aliphatic heterocycles. The highest BCUT2D eigenvalue weighted by Crippen LogP contribution is 2.33. The van der Waals surface area contributed by atoms with E-state index in [2.05, 4.69) is 15.4 Å². The fourth-order valence-corrected chi connectivity index (χ4v) is 3.82. The van der Waals surface area contributed by atoms with E-state index in [0.717, 1.165) is 24.0 Å². The molecule has 1 heterocycles. The maximum absolute atomic E-state index is 12.3. The molecule has 0 spiro atoms. The maximum Gasteiger partial charge on any atom is 0.341 e. The van der Waals surface area contributed by atoms with Crippen LogP contribution < -0.4 is 25.8 Å². The highest BCUT2D eigenvalue weighted by molar-refractivity contribution is 7.18. The van der Waals surface area contributed by atoms with Gasteiger partial charge in [0.25, 0.3) is 5.91 Å². The molecule has 0 fully saturated rings.